The Morgan fingerprint density at radius 2 is 2.00 bits per heavy atom. The summed E-state index contributed by atoms with van der Waals surface area (Å²) >= 11 is 0. The van der Waals surface area contributed by atoms with Crippen molar-refractivity contribution in [3.63, 3.8) is 0 Å². The van der Waals surface area contributed by atoms with E-state index in [1.807, 2.05) is 24.3 Å². The Morgan fingerprint density at radius 1 is 1.26 bits per heavy atom. The number of nitrogen functional groups attached to an aromatic ring is 1. The molecule has 0 spiro atoms. The van der Waals surface area contributed by atoms with Crippen LogP contribution in [-0.4, -0.2) is 17.4 Å². The summed E-state index contributed by atoms with van der Waals surface area (Å²) in [5, 5.41) is 7.48. The standard InChI is InChI=1S/C15H18N4/c1-2-19(11-12-6-4-3-5-7-12)14-10-13(15(16)17)8-9-18-14/h3-10H,2,11H2,1H3,(H3,16,17). The number of nitrogens with zero attached hydrogens (tertiary/aromatic N) is 2. The zero-order valence-corrected chi connectivity index (χ0v) is 11.0. The van der Waals surface area contributed by atoms with Crippen LogP contribution in [0, 0.1) is 5.41 Å². The van der Waals surface area contributed by atoms with E-state index in [1.54, 1.807) is 12.3 Å². The average molecular weight is 254 g/mol. The molecule has 0 bridgehead atoms. The summed E-state index contributed by atoms with van der Waals surface area (Å²) in [7, 11) is 0. The van der Waals surface area contributed by atoms with E-state index >= 15 is 0 Å². The Balaban J connectivity index is 2.22. The molecule has 0 aliphatic rings. The lowest BCUT2D eigenvalue weighted by atomic mass is 10.2. The maximum atomic E-state index is 7.48. The fourth-order valence-corrected chi connectivity index (χ4v) is 1.92. The first kappa shape index (κ1) is 13.1. The summed E-state index contributed by atoms with van der Waals surface area (Å²) in [6.07, 6.45) is 1.69. The summed E-state index contributed by atoms with van der Waals surface area (Å²) in [5.41, 5.74) is 7.45. The number of aromatic nitrogens is 1. The maximum absolute atomic E-state index is 7.48. The van der Waals surface area contributed by atoms with Gasteiger partial charge in [-0.05, 0) is 24.6 Å². The first-order valence-electron chi connectivity index (χ1n) is 6.30. The predicted molar refractivity (Wildman–Crippen MR) is 78.4 cm³/mol. The highest BCUT2D eigenvalue weighted by Crippen LogP contribution is 2.15. The summed E-state index contributed by atoms with van der Waals surface area (Å²) in [5.74, 6) is 0.915. The molecule has 0 saturated heterocycles. The molecule has 2 rings (SSSR count). The van der Waals surface area contributed by atoms with Crippen molar-refractivity contribution in [1.29, 1.82) is 5.41 Å². The van der Waals surface area contributed by atoms with Crippen LogP contribution < -0.4 is 10.6 Å². The van der Waals surface area contributed by atoms with E-state index in [4.69, 9.17) is 11.1 Å². The number of amidine groups is 1. The summed E-state index contributed by atoms with van der Waals surface area (Å²) in [6, 6.07) is 13.9. The van der Waals surface area contributed by atoms with E-state index in [9.17, 15) is 0 Å². The molecule has 4 nitrogen and oxygen atoms in total. The molecule has 19 heavy (non-hydrogen) atoms. The molecule has 3 N–H and O–H groups in total. The summed E-state index contributed by atoms with van der Waals surface area (Å²) in [4.78, 5) is 6.52. The van der Waals surface area contributed by atoms with Crippen LogP contribution in [0.1, 0.15) is 18.1 Å². The second-order valence-corrected chi connectivity index (χ2v) is 4.32. The van der Waals surface area contributed by atoms with Crippen molar-refractivity contribution in [3.05, 3.63) is 59.8 Å². The molecular weight excluding hydrogens is 236 g/mol. The van der Waals surface area contributed by atoms with Gasteiger partial charge in [0, 0.05) is 24.8 Å². The second-order valence-electron chi connectivity index (χ2n) is 4.32. The van der Waals surface area contributed by atoms with Crippen molar-refractivity contribution < 1.29 is 0 Å². The molecule has 4 heteroatoms. The molecule has 0 atom stereocenters. The maximum Gasteiger partial charge on any atom is 0.129 e. The van der Waals surface area contributed by atoms with Crippen molar-refractivity contribution >= 4 is 11.7 Å². The van der Waals surface area contributed by atoms with Gasteiger partial charge in [-0.1, -0.05) is 30.3 Å². The van der Waals surface area contributed by atoms with Gasteiger partial charge in [-0.3, -0.25) is 5.41 Å². The van der Waals surface area contributed by atoms with Crippen LogP contribution in [-0.2, 0) is 6.54 Å². The number of hydrogen-bond donors (Lipinski definition) is 2. The average Bonchev–Trinajstić information content (AvgIpc) is 2.46. The molecule has 1 heterocycles. The molecule has 1 aromatic heterocycles. The highest BCUT2D eigenvalue weighted by Gasteiger charge is 2.08. The van der Waals surface area contributed by atoms with Crippen LogP contribution in [0.15, 0.2) is 48.7 Å². The molecule has 0 saturated carbocycles. The smallest absolute Gasteiger partial charge is 0.129 e. The van der Waals surface area contributed by atoms with Gasteiger partial charge >= 0.3 is 0 Å². The lowest BCUT2D eigenvalue weighted by Crippen LogP contribution is -2.23. The monoisotopic (exact) mass is 254 g/mol. The first-order valence-corrected chi connectivity index (χ1v) is 6.30. The van der Waals surface area contributed by atoms with Crippen LogP contribution in [0.2, 0.25) is 0 Å². The fraction of sp³-hybridized carbons (Fsp3) is 0.200. The molecule has 0 fully saturated rings. The minimum Gasteiger partial charge on any atom is -0.384 e. The van der Waals surface area contributed by atoms with Crippen LogP contribution in [0.25, 0.3) is 0 Å². The third-order valence-electron chi connectivity index (χ3n) is 2.98. The lowest BCUT2D eigenvalue weighted by Gasteiger charge is -2.22. The number of anilines is 1. The second kappa shape index (κ2) is 6.00. The van der Waals surface area contributed by atoms with E-state index in [-0.39, 0.29) is 5.84 Å². The number of rotatable bonds is 5. The molecule has 1 aromatic carbocycles. The molecule has 2 aromatic rings. The minimum atomic E-state index is 0.0689. The number of nitrogens with one attached hydrogen (secondary N) is 1. The number of hydrogen-bond acceptors (Lipinski definition) is 3. The van der Waals surface area contributed by atoms with Gasteiger partial charge in [-0.2, -0.15) is 0 Å². The molecule has 0 aliphatic carbocycles. The van der Waals surface area contributed by atoms with Gasteiger partial charge in [0.15, 0.2) is 0 Å². The van der Waals surface area contributed by atoms with Gasteiger partial charge in [0.1, 0.15) is 11.7 Å². The van der Waals surface area contributed by atoms with E-state index in [0.29, 0.717) is 5.56 Å². The third kappa shape index (κ3) is 3.31. The molecule has 0 unspecified atom stereocenters. The van der Waals surface area contributed by atoms with Crippen molar-refractivity contribution in [3.8, 4) is 0 Å². The highest BCUT2D eigenvalue weighted by atomic mass is 15.2. The summed E-state index contributed by atoms with van der Waals surface area (Å²) < 4.78 is 0. The van der Waals surface area contributed by atoms with E-state index in [2.05, 4.69) is 28.9 Å². The van der Waals surface area contributed by atoms with E-state index < -0.39 is 0 Å². The van der Waals surface area contributed by atoms with Crippen LogP contribution in [0.3, 0.4) is 0 Å². The lowest BCUT2D eigenvalue weighted by molar-refractivity contribution is 0.813. The topological polar surface area (TPSA) is 66.0 Å². The number of nitrogens with two attached hydrogens (primary N) is 1. The van der Waals surface area contributed by atoms with E-state index in [0.717, 1.165) is 18.9 Å². The van der Waals surface area contributed by atoms with Gasteiger partial charge in [0.05, 0.1) is 0 Å². The van der Waals surface area contributed by atoms with Crippen LogP contribution in [0.4, 0.5) is 5.82 Å². The third-order valence-corrected chi connectivity index (χ3v) is 2.98. The van der Waals surface area contributed by atoms with Crippen molar-refractivity contribution in [1.82, 2.24) is 4.98 Å². The van der Waals surface area contributed by atoms with Crippen LogP contribution >= 0.6 is 0 Å². The van der Waals surface area contributed by atoms with Gasteiger partial charge < -0.3 is 10.6 Å². The quantitative estimate of drug-likeness (QED) is 0.636. The fourth-order valence-electron chi connectivity index (χ4n) is 1.92. The van der Waals surface area contributed by atoms with Gasteiger partial charge in [-0.25, -0.2) is 4.98 Å². The largest absolute Gasteiger partial charge is 0.384 e. The Morgan fingerprint density at radius 3 is 2.63 bits per heavy atom. The molecular formula is C15H18N4. The predicted octanol–water partition coefficient (Wildman–Crippen LogP) is 2.39. The zero-order valence-electron chi connectivity index (χ0n) is 11.0. The van der Waals surface area contributed by atoms with Crippen molar-refractivity contribution in [2.45, 2.75) is 13.5 Å². The molecule has 0 aliphatic heterocycles. The number of benzene rings is 1. The SMILES string of the molecule is CCN(Cc1ccccc1)c1cc(C(=N)N)ccn1. The zero-order chi connectivity index (χ0) is 13.7. The Kier molecular flexibility index (Phi) is 4.13. The molecule has 98 valence electrons. The van der Waals surface area contributed by atoms with Gasteiger partial charge in [0.25, 0.3) is 0 Å². The van der Waals surface area contributed by atoms with Gasteiger partial charge in [-0.15, -0.1) is 0 Å². The Hall–Kier alpha value is -2.36. The summed E-state index contributed by atoms with van der Waals surface area (Å²) in [6.45, 7) is 3.74. The van der Waals surface area contributed by atoms with Crippen LogP contribution in [0.5, 0.6) is 0 Å². The van der Waals surface area contributed by atoms with Crippen molar-refractivity contribution in [2.24, 2.45) is 5.73 Å². The molecule has 0 amide bonds. The minimum absolute atomic E-state index is 0.0689. The number of pyridine rings is 1. The Bertz CT molecular complexity index is 551. The molecule has 0 radical (unpaired) electrons. The van der Waals surface area contributed by atoms with Crippen molar-refractivity contribution in [2.75, 3.05) is 11.4 Å². The Labute approximate surface area is 113 Å². The normalized spacial score (nSPS) is 10.2. The van der Waals surface area contributed by atoms with E-state index in [1.165, 1.54) is 5.56 Å². The van der Waals surface area contributed by atoms with Gasteiger partial charge in [0.2, 0.25) is 0 Å². The highest BCUT2D eigenvalue weighted by molar-refractivity contribution is 5.95. The first-order chi connectivity index (χ1) is 9.20.